The third-order valence-electron chi connectivity index (χ3n) is 7.29. The van der Waals surface area contributed by atoms with Gasteiger partial charge in [-0.25, -0.2) is 9.97 Å². The molecular formula is C26H33N7O3S. The standard InChI is InChI=1S/C26H33N7O3S/c34-18-7-11-31(12-8-18)22-6-4-5-19(27-22)25(35)28-20-17-21-23(29-24(20)32-9-2-1-3-10-32)30-26(37-21)33-13-15-36-16-14-33/h4-6,17-18,34H,1-3,7-16H2,(H,28,35). The number of nitrogens with one attached hydrogen (secondary N) is 1. The second-order valence-electron chi connectivity index (χ2n) is 9.88. The van der Waals surface area contributed by atoms with Crippen molar-refractivity contribution in [2.75, 3.05) is 72.5 Å². The number of anilines is 4. The van der Waals surface area contributed by atoms with Crippen LogP contribution in [0.3, 0.4) is 0 Å². The molecule has 0 spiro atoms. The SMILES string of the molecule is O=C(Nc1cc2sc(N3CCOCC3)nc2nc1N1CCCCC1)c1cccc(N2CCC(O)CC2)n1. The summed E-state index contributed by atoms with van der Waals surface area (Å²) in [5.74, 6) is 1.29. The van der Waals surface area contributed by atoms with Gasteiger partial charge in [-0.2, -0.15) is 4.98 Å². The lowest BCUT2D eigenvalue weighted by Crippen LogP contribution is -2.36. The lowest BCUT2D eigenvalue weighted by Gasteiger charge is -2.30. The molecule has 11 heteroatoms. The number of carbonyl (C=O) groups excluding carboxylic acids is 1. The number of aliphatic hydroxyl groups is 1. The van der Waals surface area contributed by atoms with Crippen LogP contribution < -0.4 is 20.0 Å². The number of hydrogen-bond donors (Lipinski definition) is 2. The molecule has 3 saturated heterocycles. The van der Waals surface area contributed by atoms with Crippen LogP contribution in [-0.4, -0.2) is 84.6 Å². The molecule has 3 aromatic heterocycles. The van der Waals surface area contributed by atoms with E-state index < -0.39 is 0 Å². The molecule has 0 aromatic carbocycles. The summed E-state index contributed by atoms with van der Waals surface area (Å²) in [6, 6.07) is 7.55. The highest BCUT2D eigenvalue weighted by molar-refractivity contribution is 7.22. The molecular weight excluding hydrogens is 490 g/mol. The Labute approximate surface area is 220 Å². The van der Waals surface area contributed by atoms with Gasteiger partial charge in [0.1, 0.15) is 11.5 Å². The fourth-order valence-corrected chi connectivity index (χ4v) is 6.18. The Balaban J connectivity index is 1.29. The van der Waals surface area contributed by atoms with E-state index in [1.807, 2.05) is 18.2 Å². The topological polar surface area (TPSA) is 107 Å². The molecule has 0 saturated carbocycles. The number of nitrogens with zero attached hydrogens (tertiary/aromatic N) is 6. The van der Waals surface area contributed by atoms with E-state index in [1.54, 1.807) is 17.4 Å². The number of thiazole rings is 1. The average Bonchev–Trinajstić information content (AvgIpc) is 3.37. The molecule has 10 nitrogen and oxygen atoms in total. The zero-order chi connectivity index (χ0) is 25.2. The molecule has 0 aliphatic carbocycles. The van der Waals surface area contributed by atoms with Crippen LogP contribution in [0.2, 0.25) is 0 Å². The first kappa shape index (κ1) is 24.3. The van der Waals surface area contributed by atoms with E-state index in [9.17, 15) is 9.90 Å². The Morgan fingerprint density at radius 2 is 1.73 bits per heavy atom. The summed E-state index contributed by atoms with van der Waals surface area (Å²) in [4.78, 5) is 34.5. The van der Waals surface area contributed by atoms with E-state index in [0.29, 0.717) is 37.4 Å². The first-order valence-corrected chi connectivity index (χ1v) is 14.1. The Kier molecular flexibility index (Phi) is 7.08. The summed E-state index contributed by atoms with van der Waals surface area (Å²) in [6.45, 7) is 6.33. The monoisotopic (exact) mass is 523 g/mol. The highest BCUT2D eigenvalue weighted by Crippen LogP contribution is 2.35. The third kappa shape index (κ3) is 5.34. The van der Waals surface area contributed by atoms with Gasteiger partial charge in [0, 0.05) is 39.3 Å². The van der Waals surface area contributed by atoms with Crippen molar-refractivity contribution >= 4 is 50.0 Å². The molecule has 0 unspecified atom stereocenters. The van der Waals surface area contributed by atoms with Gasteiger partial charge in [-0.1, -0.05) is 17.4 Å². The molecule has 0 atom stereocenters. The average molecular weight is 524 g/mol. The fraction of sp³-hybridized carbons (Fsp3) is 0.538. The molecule has 2 N–H and O–H groups in total. The molecule has 6 rings (SSSR count). The number of aliphatic hydroxyl groups excluding tert-OH is 1. The minimum atomic E-state index is -0.256. The molecule has 0 bridgehead atoms. The zero-order valence-electron chi connectivity index (χ0n) is 20.9. The predicted octanol–water partition coefficient (Wildman–Crippen LogP) is 3.13. The molecule has 196 valence electrons. The maximum Gasteiger partial charge on any atom is 0.274 e. The number of piperidine rings is 2. The van der Waals surface area contributed by atoms with Crippen molar-refractivity contribution in [1.82, 2.24) is 15.0 Å². The Morgan fingerprint density at radius 1 is 0.946 bits per heavy atom. The quantitative estimate of drug-likeness (QED) is 0.522. The number of fused-ring (bicyclic) bond motifs is 1. The number of hydrogen-bond acceptors (Lipinski definition) is 10. The lowest BCUT2D eigenvalue weighted by atomic mass is 10.1. The van der Waals surface area contributed by atoms with Crippen molar-refractivity contribution in [3.63, 3.8) is 0 Å². The van der Waals surface area contributed by atoms with Gasteiger partial charge in [0.25, 0.3) is 5.91 Å². The number of aromatic nitrogens is 3. The minimum Gasteiger partial charge on any atom is -0.393 e. The van der Waals surface area contributed by atoms with Crippen LogP contribution in [0.4, 0.5) is 22.5 Å². The van der Waals surface area contributed by atoms with Crippen molar-refractivity contribution < 1.29 is 14.6 Å². The molecule has 3 fully saturated rings. The Bertz CT molecular complexity index is 1250. The van der Waals surface area contributed by atoms with Gasteiger partial charge >= 0.3 is 0 Å². The van der Waals surface area contributed by atoms with E-state index in [-0.39, 0.29) is 12.0 Å². The maximum absolute atomic E-state index is 13.4. The summed E-state index contributed by atoms with van der Waals surface area (Å²) >= 11 is 1.60. The predicted molar refractivity (Wildman–Crippen MR) is 146 cm³/mol. The zero-order valence-corrected chi connectivity index (χ0v) is 21.8. The molecule has 0 radical (unpaired) electrons. The summed E-state index contributed by atoms with van der Waals surface area (Å²) in [7, 11) is 0. The van der Waals surface area contributed by atoms with E-state index in [1.165, 1.54) is 6.42 Å². The number of pyridine rings is 2. The normalized spacial score (nSPS) is 19.4. The van der Waals surface area contributed by atoms with E-state index >= 15 is 0 Å². The number of morpholine rings is 1. The van der Waals surface area contributed by atoms with Crippen molar-refractivity contribution in [2.45, 2.75) is 38.2 Å². The second-order valence-corrected chi connectivity index (χ2v) is 10.9. The largest absolute Gasteiger partial charge is 0.393 e. The van der Waals surface area contributed by atoms with Crippen LogP contribution in [0.15, 0.2) is 24.3 Å². The number of carbonyl (C=O) groups is 1. The van der Waals surface area contributed by atoms with Crippen molar-refractivity contribution in [2.24, 2.45) is 0 Å². The fourth-order valence-electron chi connectivity index (χ4n) is 5.18. The summed E-state index contributed by atoms with van der Waals surface area (Å²) in [6.07, 6.45) is 4.60. The Hall–Kier alpha value is -3.02. The van der Waals surface area contributed by atoms with Gasteiger partial charge in [0.15, 0.2) is 16.6 Å². The smallest absolute Gasteiger partial charge is 0.274 e. The summed E-state index contributed by atoms with van der Waals surface area (Å²) in [5, 5.41) is 13.9. The highest BCUT2D eigenvalue weighted by atomic mass is 32.1. The molecule has 3 aliphatic heterocycles. The van der Waals surface area contributed by atoms with Crippen LogP contribution in [-0.2, 0) is 4.74 Å². The number of ether oxygens (including phenoxy) is 1. The van der Waals surface area contributed by atoms with Gasteiger partial charge < -0.3 is 29.9 Å². The highest BCUT2D eigenvalue weighted by Gasteiger charge is 2.24. The molecule has 37 heavy (non-hydrogen) atoms. The van der Waals surface area contributed by atoms with Crippen LogP contribution in [0.5, 0.6) is 0 Å². The van der Waals surface area contributed by atoms with Crippen LogP contribution in [0.1, 0.15) is 42.6 Å². The van der Waals surface area contributed by atoms with Crippen molar-refractivity contribution in [3.05, 3.63) is 30.0 Å². The van der Waals surface area contributed by atoms with Crippen LogP contribution in [0, 0.1) is 0 Å². The van der Waals surface area contributed by atoms with Gasteiger partial charge in [-0.15, -0.1) is 0 Å². The van der Waals surface area contributed by atoms with E-state index in [2.05, 4.69) is 25.0 Å². The van der Waals surface area contributed by atoms with Gasteiger partial charge in [0.05, 0.1) is 29.7 Å². The molecule has 6 heterocycles. The molecule has 1 amide bonds. The van der Waals surface area contributed by atoms with Gasteiger partial charge in [0.2, 0.25) is 0 Å². The third-order valence-corrected chi connectivity index (χ3v) is 8.34. The van der Waals surface area contributed by atoms with E-state index in [4.69, 9.17) is 14.7 Å². The number of amides is 1. The summed E-state index contributed by atoms with van der Waals surface area (Å²) in [5.41, 5.74) is 1.79. The van der Waals surface area contributed by atoms with Crippen molar-refractivity contribution in [1.29, 1.82) is 0 Å². The minimum absolute atomic E-state index is 0.253. The van der Waals surface area contributed by atoms with Crippen molar-refractivity contribution in [3.8, 4) is 0 Å². The van der Waals surface area contributed by atoms with Crippen LogP contribution in [0.25, 0.3) is 10.3 Å². The second kappa shape index (κ2) is 10.8. The molecule has 3 aromatic rings. The van der Waals surface area contributed by atoms with Gasteiger partial charge in [-0.3, -0.25) is 4.79 Å². The summed E-state index contributed by atoms with van der Waals surface area (Å²) < 4.78 is 6.45. The first-order valence-electron chi connectivity index (χ1n) is 13.2. The molecule has 3 aliphatic rings. The Morgan fingerprint density at radius 3 is 2.51 bits per heavy atom. The number of rotatable bonds is 5. The van der Waals surface area contributed by atoms with E-state index in [0.717, 1.165) is 79.2 Å². The maximum atomic E-state index is 13.4. The van der Waals surface area contributed by atoms with Gasteiger partial charge in [-0.05, 0) is 50.3 Å². The first-order chi connectivity index (χ1) is 18.1. The lowest BCUT2D eigenvalue weighted by molar-refractivity contribution is 0.102. The van der Waals surface area contributed by atoms with Crippen LogP contribution >= 0.6 is 11.3 Å².